The number of rotatable bonds is 2. The summed E-state index contributed by atoms with van der Waals surface area (Å²) in [5.74, 6) is -1.44. The van der Waals surface area contributed by atoms with Crippen LogP contribution in [0.5, 0.6) is 0 Å². The first-order valence-electron chi connectivity index (χ1n) is 5.40. The molecule has 100 valence electrons. The van der Waals surface area contributed by atoms with Gasteiger partial charge in [-0.1, -0.05) is 35.3 Å². The van der Waals surface area contributed by atoms with Gasteiger partial charge in [0.05, 0.1) is 15.6 Å². The molecule has 0 spiro atoms. The highest BCUT2D eigenvalue weighted by Crippen LogP contribution is 2.24. The van der Waals surface area contributed by atoms with Crippen molar-refractivity contribution in [1.29, 1.82) is 5.26 Å². The lowest BCUT2D eigenvalue weighted by molar-refractivity contribution is 0.617. The summed E-state index contributed by atoms with van der Waals surface area (Å²) in [6.07, 6.45) is 2.39. The lowest BCUT2D eigenvalue weighted by Gasteiger charge is -2.03. The fourth-order valence-corrected chi connectivity index (χ4v) is 1.88. The maximum atomic E-state index is 13.8. The quantitative estimate of drug-likeness (QED) is 0.752. The van der Waals surface area contributed by atoms with Gasteiger partial charge < -0.3 is 0 Å². The highest BCUT2D eigenvalue weighted by atomic mass is 35.5. The summed E-state index contributed by atoms with van der Waals surface area (Å²) in [4.78, 5) is 3.74. The molecule has 1 aromatic carbocycles. The Morgan fingerprint density at radius 2 is 2.05 bits per heavy atom. The minimum atomic E-state index is -0.757. The molecule has 1 heterocycles. The molecular weight excluding hydrogens is 305 g/mol. The summed E-state index contributed by atoms with van der Waals surface area (Å²) in [5, 5.41) is 9.11. The van der Waals surface area contributed by atoms with Gasteiger partial charge >= 0.3 is 0 Å². The monoisotopic (exact) mass is 310 g/mol. The summed E-state index contributed by atoms with van der Waals surface area (Å²) >= 11 is 11.2. The summed E-state index contributed by atoms with van der Waals surface area (Å²) in [6.45, 7) is 0. The Morgan fingerprint density at radius 3 is 2.70 bits per heavy atom. The largest absolute Gasteiger partial charge is 0.251 e. The van der Waals surface area contributed by atoms with Crippen LogP contribution in [-0.4, -0.2) is 4.98 Å². The third-order valence-corrected chi connectivity index (χ3v) is 2.96. The average Bonchev–Trinajstić information content (AvgIpc) is 2.41. The van der Waals surface area contributed by atoms with Crippen LogP contribution >= 0.6 is 23.2 Å². The van der Waals surface area contributed by atoms with Crippen LogP contribution in [0.3, 0.4) is 0 Å². The Morgan fingerprint density at radius 1 is 1.30 bits per heavy atom. The Hall–Kier alpha value is -1.96. The van der Waals surface area contributed by atoms with Gasteiger partial charge in [0.2, 0.25) is 0 Å². The molecule has 0 bridgehead atoms. The minimum absolute atomic E-state index is 0.0743. The van der Waals surface area contributed by atoms with Crippen molar-refractivity contribution in [2.75, 3.05) is 0 Å². The summed E-state index contributed by atoms with van der Waals surface area (Å²) in [5.41, 5.74) is -0.248. The molecule has 0 aliphatic carbocycles. The zero-order chi connectivity index (χ0) is 14.7. The van der Waals surface area contributed by atoms with Gasteiger partial charge in [-0.3, -0.25) is 4.98 Å². The number of halogens is 4. The third kappa shape index (κ3) is 2.96. The first-order valence-corrected chi connectivity index (χ1v) is 6.15. The number of allylic oxidation sites excluding steroid dienone is 1. The lowest BCUT2D eigenvalue weighted by atomic mass is 10.1. The number of nitrogens with zero attached hydrogens (tertiary/aromatic N) is 2. The molecule has 1 aromatic heterocycles. The topological polar surface area (TPSA) is 36.7 Å². The molecule has 0 saturated heterocycles. The van der Waals surface area contributed by atoms with E-state index in [1.807, 2.05) is 0 Å². The average molecular weight is 311 g/mol. The predicted molar refractivity (Wildman–Crippen MR) is 74.1 cm³/mol. The van der Waals surface area contributed by atoms with E-state index in [0.29, 0.717) is 0 Å². The SMILES string of the molecule is N#CC(=Cc1cccc(Cl)c1F)c1ncc(Cl)cc1F. The molecule has 0 amide bonds. The van der Waals surface area contributed by atoms with Crippen LogP contribution in [0.1, 0.15) is 11.3 Å². The van der Waals surface area contributed by atoms with Crippen molar-refractivity contribution >= 4 is 34.9 Å². The maximum absolute atomic E-state index is 13.8. The number of pyridine rings is 1. The molecule has 2 rings (SSSR count). The number of nitriles is 1. The van der Waals surface area contributed by atoms with Crippen molar-refractivity contribution in [2.24, 2.45) is 0 Å². The van der Waals surface area contributed by atoms with E-state index in [1.165, 1.54) is 30.5 Å². The van der Waals surface area contributed by atoms with Gasteiger partial charge in [-0.05, 0) is 18.2 Å². The van der Waals surface area contributed by atoms with E-state index in [0.717, 1.165) is 6.07 Å². The van der Waals surface area contributed by atoms with Crippen molar-refractivity contribution in [2.45, 2.75) is 0 Å². The number of aromatic nitrogens is 1. The molecule has 0 N–H and O–H groups in total. The fraction of sp³-hybridized carbons (Fsp3) is 0. The second-order valence-corrected chi connectivity index (χ2v) is 4.64. The molecule has 2 aromatic rings. The van der Waals surface area contributed by atoms with Gasteiger partial charge in [-0.25, -0.2) is 8.78 Å². The molecule has 0 aliphatic rings. The number of hydrogen-bond donors (Lipinski definition) is 0. The highest BCUT2D eigenvalue weighted by Gasteiger charge is 2.12. The van der Waals surface area contributed by atoms with Gasteiger partial charge in [0.15, 0.2) is 5.82 Å². The fourth-order valence-electron chi connectivity index (χ4n) is 1.55. The molecule has 0 radical (unpaired) electrons. The molecule has 0 fully saturated rings. The van der Waals surface area contributed by atoms with E-state index in [1.54, 1.807) is 6.07 Å². The predicted octanol–water partition coefficient (Wildman–Crippen LogP) is 4.73. The molecule has 2 nitrogen and oxygen atoms in total. The first-order chi connectivity index (χ1) is 9.52. The van der Waals surface area contributed by atoms with E-state index in [-0.39, 0.29) is 26.9 Å². The Balaban J connectivity index is 2.55. The lowest BCUT2D eigenvalue weighted by Crippen LogP contribution is -1.94. The van der Waals surface area contributed by atoms with Crippen LogP contribution in [0.15, 0.2) is 30.5 Å². The molecule has 0 atom stereocenters. The van der Waals surface area contributed by atoms with Gasteiger partial charge in [0.1, 0.15) is 17.6 Å². The van der Waals surface area contributed by atoms with E-state index in [4.69, 9.17) is 28.5 Å². The Kier molecular flexibility index (Phi) is 4.33. The maximum Gasteiger partial charge on any atom is 0.151 e. The van der Waals surface area contributed by atoms with E-state index in [2.05, 4.69) is 4.98 Å². The number of benzene rings is 1. The molecule has 0 unspecified atom stereocenters. The van der Waals surface area contributed by atoms with E-state index in [9.17, 15) is 8.78 Å². The van der Waals surface area contributed by atoms with Crippen LogP contribution in [-0.2, 0) is 0 Å². The summed E-state index contributed by atoms with van der Waals surface area (Å²) in [6, 6.07) is 7.14. The second kappa shape index (κ2) is 6.00. The minimum Gasteiger partial charge on any atom is -0.251 e. The van der Waals surface area contributed by atoms with Crippen molar-refractivity contribution in [3.8, 4) is 6.07 Å². The van der Waals surface area contributed by atoms with E-state index < -0.39 is 11.6 Å². The van der Waals surface area contributed by atoms with Gasteiger partial charge in [-0.15, -0.1) is 0 Å². The molecule has 0 saturated carbocycles. The Bertz CT molecular complexity index is 736. The van der Waals surface area contributed by atoms with Crippen molar-refractivity contribution in [1.82, 2.24) is 4.98 Å². The van der Waals surface area contributed by atoms with Crippen LogP contribution in [0.2, 0.25) is 10.0 Å². The van der Waals surface area contributed by atoms with Crippen LogP contribution in [0, 0.1) is 23.0 Å². The standard InChI is InChI=1S/C14H6Cl2F2N2/c15-10-5-12(17)14(20-7-10)9(6-19)4-8-2-1-3-11(16)13(8)18/h1-5,7H. The second-order valence-electron chi connectivity index (χ2n) is 3.80. The third-order valence-electron chi connectivity index (χ3n) is 2.46. The first kappa shape index (κ1) is 14.4. The molecule has 20 heavy (non-hydrogen) atoms. The Labute approximate surface area is 123 Å². The summed E-state index contributed by atoms with van der Waals surface area (Å²) < 4.78 is 27.5. The normalized spacial score (nSPS) is 11.2. The molecule has 0 aliphatic heterocycles. The zero-order valence-electron chi connectivity index (χ0n) is 9.87. The van der Waals surface area contributed by atoms with Gasteiger partial charge in [0, 0.05) is 11.8 Å². The number of hydrogen-bond acceptors (Lipinski definition) is 2. The van der Waals surface area contributed by atoms with Crippen molar-refractivity contribution in [3.05, 3.63) is 63.4 Å². The van der Waals surface area contributed by atoms with Crippen molar-refractivity contribution in [3.63, 3.8) is 0 Å². The molecule has 6 heteroatoms. The van der Waals surface area contributed by atoms with E-state index >= 15 is 0 Å². The van der Waals surface area contributed by atoms with Crippen LogP contribution in [0.4, 0.5) is 8.78 Å². The molecular formula is C14H6Cl2F2N2. The highest BCUT2D eigenvalue weighted by molar-refractivity contribution is 6.31. The van der Waals surface area contributed by atoms with Crippen LogP contribution < -0.4 is 0 Å². The smallest absolute Gasteiger partial charge is 0.151 e. The van der Waals surface area contributed by atoms with Crippen LogP contribution in [0.25, 0.3) is 11.6 Å². The van der Waals surface area contributed by atoms with Crippen molar-refractivity contribution < 1.29 is 8.78 Å². The van der Waals surface area contributed by atoms with Gasteiger partial charge in [-0.2, -0.15) is 5.26 Å². The summed E-state index contributed by atoms with van der Waals surface area (Å²) in [7, 11) is 0. The zero-order valence-corrected chi connectivity index (χ0v) is 11.4. The van der Waals surface area contributed by atoms with Gasteiger partial charge in [0.25, 0.3) is 0 Å².